The highest BCUT2D eigenvalue weighted by Gasteiger charge is 2.41. The van der Waals surface area contributed by atoms with Crippen LogP contribution in [0.3, 0.4) is 0 Å². The molecule has 2 aromatic carbocycles. The van der Waals surface area contributed by atoms with E-state index < -0.39 is 18.3 Å². The molecule has 0 saturated carbocycles. The van der Waals surface area contributed by atoms with Crippen LogP contribution >= 0.6 is 0 Å². The molecule has 236 valence electrons. The van der Waals surface area contributed by atoms with Crippen molar-refractivity contribution in [2.24, 2.45) is 0 Å². The van der Waals surface area contributed by atoms with Crippen molar-refractivity contribution in [1.82, 2.24) is 14.9 Å². The fourth-order valence-corrected chi connectivity index (χ4v) is 5.37. The van der Waals surface area contributed by atoms with Gasteiger partial charge in [0, 0.05) is 30.3 Å². The van der Waals surface area contributed by atoms with Gasteiger partial charge in [0.2, 0.25) is 0 Å². The Balaban J connectivity index is 1.23. The molecule has 10 nitrogen and oxygen atoms in total. The van der Waals surface area contributed by atoms with Crippen LogP contribution in [0.1, 0.15) is 34.9 Å². The van der Waals surface area contributed by atoms with Crippen LogP contribution in [0.15, 0.2) is 97.3 Å². The van der Waals surface area contributed by atoms with Crippen LogP contribution in [-0.4, -0.2) is 71.7 Å². The molecule has 10 heteroatoms. The largest absolute Gasteiger partial charge is 0.496 e. The third-order valence-corrected chi connectivity index (χ3v) is 7.63. The second-order valence-electron chi connectivity index (χ2n) is 10.7. The van der Waals surface area contributed by atoms with Crippen LogP contribution < -0.4 is 9.47 Å². The monoisotopic (exact) mass is 613 g/mol. The average Bonchev–Trinajstić information content (AvgIpc) is 3.09. The predicted molar refractivity (Wildman–Crippen MR) is 167 cm³/mol. The summed E-state index contributed by atoms with van der Waals surface area (Å²) in [5.74, 6) is 1.32. The standard InChI is InChI=1S/C35H39N3O7/c1-41-31-12-3-2-9-27(31)23-42-19-8-20-43-30-15-13-26(14-16-30)34-32(44-24-28-10-4-6-17-36-28)21-38(35(39)40)22-33(34)45-25-29-11-5-7-18-37-29/h2-7,9-18,32-34H,8,19-25H2,1H3,(H,39,40)/t32-,33+,34?. The quantitative estimate of drug-likeness (QED) is 0.168. The Kier molecular flexibility index (Phi) is 11.7. The Bertz CT molecular complexity index is 1400. The molecule has 1 saturated heterocycles. The number of amides is 1. The highest BCUT2D eigenvalue weighted by atomic mass is 16.5. The molecular weight excluding hydrogens is 574 g/mol. The fraction of sp³-hybridized carbons (Fsp3) is 0.343. The zero-order valence-corrected chi connectivity index (χ0v) is 25.4. The molecular formula is C35H39N3O7. The summed E-state index contributed by atoms with van der Waals surface area (Å²) in [6.07, 6.45) is 2.23. The maximum absolute atomic E-state index is 12.1. The van der Waals surface area contributed by atoms with E-state index >= 15 is 0 Å². The summed E-state index contributed by atoms with van der Waals surface area (Å²) in [4.78, 5) is 22.2. The lowest BCUT2D eigenvalue weighted by molar-refractivity contribution is -0.0946. The topological polar surface area (TPSA) is 112 Å². The van der Waals surface area contributed by atoms with Gasteiger partial charge in [-0.1, -0.05) is 42.5 Å². The number of carboxylic acid groups (broad SMARTS) is 1. The molecule has 1 amide bonds. The van der Waals surface area contributed by atoms with Gasteiger partial charge in [-0.3, -0.25) is 9.97 Å². The highest BCUT2D eigenvalue weighted by molar-refractivity contribution is 5.65. The second kappa shape index (κ2) is 16.5. The minimum atomic E-state index is -1.01. The van der Waals surface area contributed by atoms with Gasteiger partial charge in [-0.15, -0.1) is 0 Å². The molecule has 45 heavy (non-hydrogen) atoms. The lowest BCUT2D eigenvalue weighted by Crippen LogP contribution is -2.54. The van der Waals surface area contributed by atoms with Crippen LogP contribution in [-0.2, 0) is 34.0 Å². The Morgan fingerprint density at radius 3 is 2.00 bits per heavy atom. The maximum Gasteiger partial charge on any atom is 0.407 e. The zero-order chi connectivity index (χ0) is 31.3. The molecule has 1 N–H and O–H groups in total. The molecule has 3 atom stereocenters. The zero-order valence-electron chi connectivity index (χ0n) is 25.4. The summed E-state index contributed by atoms with van der Waals surface area (Å²) in [6.45, 7) is 2.47. The third kappa shape index (κ3) is 9.24. The number of para-hydroxylation sites is 1. The Morgan fingerprint density at radius 2 is 1.42 bits per heavy atom. The van der Waals surface area contributed by atoms with Gasteiger partial charge < -0.3 is 33.7 Å². The molecule has 1 aliphatic heterocycles. The predicted octanol–water partition coefficient (Wildman–Crippen LogP) is 5.72. The number of hydrogen-bond donors (Lipinski definition) is 1. The Labute approximate surface area is 263 Å². The van der Waals surface area contributed by atoms with E-state index in [-0.39, 0.29) is 32.2 Å². The fourth-order valence-electron chi connectivity index (χ4n) is 5.37. The summed E-state index contributed by atoms with van der Waals surface area (Å²) in [5.41, 5.74) is 3.52. The Hall–Kier alpha value is -4.51. The number of pyridine rings is 2. The molecule has 0 bridgehead atoms. The normalized spacial score (nSPS) is 18.0. The number of hydrogen-bond acceptors (Lipinski definition) is 8. The Morgan fingerprint density at radius 1 is 0.800 bits per heavy atom. The van der Waals surface area contributed by atoms with Crippen LogP contribution in [0.5, 0.6) is 11.5 Å². The van der Waals surface area contributed by atoms with E-state index in [0.717, 1.165) is 40.4 Å². The van der Waals surface area contributed by atoms with E-state index in [1.165, 1.54) is 4.90 Å². The van der Waals surface area contributed by atoms with Crippen molar-refractivity contribution in [2.45, 2.75) is 44.4 Å². The summed E-state index contributed by atoms with van der Waals surface area (Å²) in [5, 5.41) is 9.91. The number of piperidine rings is 1. The van der Waals surface area contributed by atoms with E-state index in [2.05, 4.69) is 9.97 Å². The van der Waals surface area contributed by atoms with Crippen molar-refractivity contribution in [3.8, 4) is 11.5 Å². The molecule has 2 aromatic heterocycles. The van der Waals surface area contributed by atoms with E-state index in [4.69, 9.17) is 23.7 Å². The van der Waals surface area contributed by atoms with Gasteiger partial charge in [-0.2, -0.15) is 0 Å². The SMILES string of the molecule is COc1ccccc1COCCCOc1ccc(C2[C@@H](OCc3ccccn3)CN(C(=O)O)C[C@H]2OCc2ccccn2)cc1. The first-order chi connectivity index (χ1) is 22.1. The number of likely N-dealkylation sites (tertiary alicyclic amines) is 1. The summed E-state index contributed by atoms with van der Waals surface area (Å²) < 4.78 is 29.9. The van der Waals surface area contributed by atoms with Gasteiger partial charge in [0.05, 0.1) is 76.8 Å². The third-order valence-electron chi connectivity index (χ3n) is 7.63. The first-order valence-electron chi connectivity index (χ1n) is 15.0. The minimum absolute atomic E-state index is 0.212. The molecule has 3 heterocycles. The summed E-state index contributed by atoms with van der Waals surface area (Å²) in [7, 11) is 1.65. The number of benzene rings is 2. The highest BCUT2D eigenvalue weighted by Crippen LogP contribution is 2.35. The van der Waals surface area contributed by atoms with E-state index in [1.54, 1.807) is 19.5 Å². The van der Waals surface area contributed by atoms with Gasteiger partial charge in [0.1, 0.15) is 11.5 Å². The summed E-state index contributed by atoms with van der Waals surface area (Å²) >= 11 is 0. The smallest absolute Gasteiger partial charge is 0.407 e. The van der Waals surface area contributed by atoms with Crippen LogP contribution in [0.4, 0.5) is 4.79 Å². The molecule has 1 fully saturated rings. The lowest BCUT2D eigenvalue weighted by atomic mass is 9.84. The number of nitrogens with zero attached hydrogens (tertiary/aromatic N) is 3. The van der Waals surface area contributed by atoms with Gasteiger partial charge in [0.15, 0.2) is 0 Å². The van der Waals surface area contributed by atoms with Gasteiger partial charge in [-0.05, 0) is 48.0 Å². The van der Waals surface area contributed by atoms with Crippen LogP contribution in [0, 0.1) is 0 Å². The first kappa shape index (κ1) is 31.9. The van der Waals surface area contributed by atoms with E-state index in [1.807, 2.05) is 84.9 Å². The molecule has 4 aromatic rings. The van der Waals surface area contributed by atoms with Crippen molar-refractivity contribution in [3.05, 3.63) is 120 Å². The molecule has 1 unspecified atom stereocenters. The maximum atomic E-state index is 12.1. The van der Waals surface area contributed by atoms with E-state index in [0.29, 0.717) is 19.8 Å². The van der Waals surface area contributed by atoms with Crippen molar-refractivity contribution < 1.29 is 33.6 Å². The molecule has 0 aliphatic carbocycles. The van der Waals surface area contributed by atoms with Gasteiger partial charge in [0.25, 0.3) is 0 Å². The van der Waals surface area contributed by atoms with E-state index in [9.17, 15) is 9.90 Å². The van der Waals surface area contributed by atoms with Gasteiger partial charge in [-0.25, -0.2) is 4.79 Å². The van der Waals surface area contributed by atoms with Crippen LogP contribution in [0.2, 0.25) is 0 Å². The van der Waals surface area contributed by atoms with Gasteiger partial charge >= 0.3 is 6.09 Å². The molecule has 1 aliphatic rings. The van der Waals surface area contributed by atoms with Crippen LogP contribution in [0.25, 0.3) is 0 Å². The number of rotatable bonds is 15. The molecule has 5 rings (SSSR count). The van der Waals surface area contributed by atoms with Crippen molar-refractivity contribution in [1.29, 1.82) is 0 Å². The minimum Gasteiger partial charge on any atom is -0.496 e. The van der Waals surface area contributed by atoms with Crippen molar-refractivity contribution in [2.75, 3.05) is 33.4 Å². The number of ether oxygens (including phenoxy) is 5. The number of methoxy groups -OCH3 is 1. The summed E-state index contributed by atoms with van der Waals surface area (Å²) in [6, 6.07) is 26.9. The average molecular weight is 614 g/mol. The lowest BCUT2D eigenvalue weighted by Gasteiger charge is -2.42. The van der Waals surface area contributed by atoms with Crippen molar-refractivity contribution in [3.63, 3.8) is 0 Å². The molecule has 0 spiro atoms. The molecule has 0 radical (unpaired) electrons. The second-order valence-corrected chi connectivity index (χ2v) is 10.7. The van der Waals surface area contributed by atoms with Crippen molar-refractivity contribution >= 4 is 6.09 Å². The number of aromatic nitrogens is 2. The first-order valence-corrected chi connectivity index (χ1v) is 15.0. The number of carbonyl (C=O) groups is 1.